The quantitative estimate of drug-likeness (QED) is 0.282. The van der Waals surface area contributed by atoms with Crippen LogP contribution >= 0.6 is 0 Å². The zero-order chi connectivity index (χ0) is 28.2. The summed E-state index contributed by atoms with van der Waals surface area (Å²) in [5.74, 6) is -0.682. The minimum absolute atomic E-state index is 0.0333. The van der Waals surface area contributed by atoms with Crippen LogP contribution in [-0.4, -0.2) is 72.0 Å². The van der Waals surface area contributed by atoms with Crippen molar-refractivity contribution in [2.75, 3.05) is 26.2 Å². The van der Waals surface area contributed by atoms with Gasteiger partial charge in [-0.2, -0.15) is 0 Å². The molecule has 1 aliphatic rings. The van der Waals surface area contributed by atoms with Crippen LogP contribution in [0.4, 0.5) is 0 Å². The number of carbonyl (C=O) groups excluding carboxylic acids is 3. The van der Waals surface area contributed by atoms with Crippen molar-refractivity contribution < 1.29 is 19.1 Å². The van der Waals surface area contributed by atoms with Gasteiger partial charge in [0.15, 0.2) is 0 Å². The summed E-state index contributed by atoms with van der Waals surface area (Å²) in [4.78, 5) is 42.4. The first-order valence-corrected chi connectivity index (χ1v) is 14.1. The molecule has 2 amide bonds. The highest BCUT2D eigenvalue weighted by Gasteiger charge is 2.36. The number of nitrogens with one attached hydrogen (secondary N) is 1. The summed E-state index contributed by atoms with van der Waals surface area (Å²) in [7, 11) is 0. The molecule has 2 aromatic rings. The Hall–Kier alpha value is -3.23. The molecule has 0 spiro atoms. The van der Waals surface area contributed by atoms with Gasteiger partial charge in [-0.1, -0.05) is 62.4 Å². The van der Waals surface area contributed by atoms with E-state index < -0.39 is 12.1 Å². The predicted octanol–water partition coefficient (Wildman–Crippen LogP) is 3.60. The summed E-state index contributed by atoms with van der Waals surface area (Å²) in [6.45, 7) is 8.93. The predicted molar refractivity (Wildman–Crippen MR) is 153 cm³/mol. The molecule has 8 heteroatoms. The van der Waals surface area contributed by atoms with E-state index in [9.17, 15) is 14.4 Å². The molecule has 1 heterocycles. The number of rotatable bonds is 14. The number of benzene rings is 2. The summed E-state index contributed by atoms with van der Waals surface area (Å²) >= 11 is 0. The van der Waals surface area contributed by atoms with Gasteiger partial charge in [-0.05, 0) is 62.8 Å². The molecule has 1 saturated heterocycles. The molecule has 0 aromatic heterocycles. The lowest BCUT2D eigenvalue weighted by Gasteiger charge is -2.34. The Bertz CT molecular complexity index is 1050. The second-order valence-corrected chi connectivity index (χ2v) is 10.8. The first-order chi connectivity index (χ1) is 18.8. The van der Waals surface area contributed by atoms with Crippen molar-refractivity contribution in [3.63, 3.8) is 0 Å². The van der Waals surface area contributed by atoms with Crippen LogP contribution in [0.3, 0.4) is 0 Å². The van der Waals surface area contributed by atoms with E-state index in [0.717, 1.165) is 45.3 Å². The zero-order valence-corrected chi connectivity index (χ0v) is 23.6. The maximum atomic E-state index is 13.6. The minimum atomic E-state index is -0.665. The molecule has 0 bridgehead atoms. The molecular formula is C31H44N4O4. The Balaban J connectivity index is 1.59. The molecule has 2 aromatic carbocycles. The fourth-order valence-corrected chi connectivity index (χ4v) is 4.93. The van der Waals surface area contributed by atoms with Crippen molar-refractivity contribution in [2.45, 2.75) is 71.1 Å². The van der Waals surface area contributed by atoms with Crippen molar-refractivity contribution in [3.05, 3.63) is 71.8 Å². The average Bonchev–Trinajstić information content (AvgIpc) is 3.39. The summed E-state index contributed by atoms with van der Waals surface area (Å²) in [6, 6.07) is 18.2. The van der Waals surface area contributed by atoms with Crippen molar-refractivity contribution >= 4 is 17.8 Å². The SMILES string of the molecule is CC(C)[C@H](NC(=O)[C@H](C)N)C(=O)N1CCC[C@H]1CN(CCCCOC(=O)c1ccccc1)Cc1ccccc1. The van der Waals surface area contributed by atoms with Crippen LogP contribution in [0.1, 0.15) is 62.4 Å². The van der Waals surface area contributed by atoms with E-state index in [0.29, 0.717) is 18.7 Å². The van der Waals surface area contributed by atoms with E-state index in [4.69, 9.17) is 10.5 Å². The van der Waals surface area contributed by atoms with Crippen LogP contribution < -0.4 is 11.1 Å². The van der Waals surface area contributed by atoms with E-state index in [1.165, 1.54) is 5.56 Å². The number of hydrogen-bond donors (Lipinski definition) is 2. The highest BCUT2D eigenvalue weighted by molar-refractivity contribution is 5.90. The monoisotopic (exact) mass is 536 g/mol. The van der Waals surface area contributed by atoms with E-state index >= 15 is 0 Å². The molecule has 1 aliphatic heterocycles. The van der Waals surface area contributed by atoms with E-state index in [1.807, 2.05) is 55.1 Å². The standard InChI is InChI=1S/C31H44N4O4/c1-23(2)28(33-29(36)24(3)32)30(37)35-19-12-17-27(35)22-34(21-25-13-6-4-7-14-25)18-10-11-20-39-31(38)26-15-8-5-9-16-26/h4-9,13-16,23-24,27-28H,10-12,17-22,32H2,1-3H3,(H,33,36)/t24-,27-,28-/m0/s1. The van der Waals surface area contributed by atoms with Crippen LogP contribution in [0.25, 0.3) is 0 Å². The van der Waals surface area contributed by atoms with Crippen molar-refractivity contribution in [3.8, 4) is 0 Å². The number of unbranched alkanes of at least 4 members (excludes halogenated alkanes) is 1. The van der Waals surface area contributed by atoms with Crippen LogP contribution in [-0.2, 0) is 20.9 Å². The van der Waals surface area contributed by atoms with Crippen LogP contribution in [0.15, 0.2) is 60.7 Å². The molecule has 3 atom stereocenters. The van der Waals surface area contributed by atoms with Gasteiger partial charge in [-0.3, -0.25) is 14.5 Å². The minimum Gasteiger partial charge on any atom is -0.462 e. The topological polar surface area (TPSA) is 105 Å². The Morgan fingerprint density at radius 2 is 1.69 bits per heavy atom. The third-order valence-corrected chi connectivity index (χ3v) is 7.13. The number of nitrogens with two attached hydrogens (primary N) is 1. The summed E-state index contributed by atoms with van der Waals surface area (Å²) in [5.41, 5.74) is 7.52. The lowest BCUT2D eigenvalue weighted by Crippen LogP contribution is -2.56. The number of hydrogen-bond acceptors (Lipinski definition) is 6. The lowest BCUT2D eigenvalue weighted by atomic mass is 10.0. The van der Waals surface area contributed by atoms with Gasteiger partial charge in [0.2, 0.25) is 11.8 Å². The summed E-state index contributed by atoms with van der Waals surface area (Å²) in [5, 5.41) is 2.87. The van der Waals surface area contributed by atoms with Gasteiger partial charge in [-0.15, -0.1) is 0 Å². The molecule has 0 radical (unpaired) electrons. The molecule has 0 aliphatic carbocycles. The highest BCUT2D eigenvalue weighted by atomic mass is 16.5. The number of likely N-dealkylation sites (tertiary alicyclic amines) is 1. The Morgan fingerprint density at radius 1 is 1.03 bits per heavy atom. The Labute approximate surface area is 232 Å². The Morgan fingerprint density at radius 3 is 2.33 bits per heavy atom. The third-order valence-electron chi connectivity index (χ3n) is 7.13. The van der Waals surface area contributed by atoms with Gasteiger partial charge in [0.25, 0.3) is 0 Å². The maximum Gasteiger partial charge on any atom is 0.338 e. The molecule has 212 valence electrons. The molecular weight excluding hydrogens is 492 g/mol. The van der Waals surface area contributed by atoms with Gasteiger partial charge in [0.05, 0.1) is 18.2 Å². The van der Waals surface area contributed by atoms with Crippen LogP contribution in [0, 0.1) is 5.92 Å². The van der Waals surface area contributed by atoms with Gasteiger partial charge in [-0.25, -0.2) is 4.79 Å². The smallest absolute Gasteiger partial charge is 0.338 e. The molecule has 3 N–H and O–H groups in total. The second-order valence-electron chi connectivity index (χ2n) is 10.8. The largest absolute Gasteiger partial charge is 0.462 e. The summed E-state index contributed by atoms with van der Waals surface area (Å²) < 4.78 is 5.45. The molecule has 3 rings (SSSR count). The Kier molecular flexibility index (Phi) is 12.0. The fourth-order valence-electron chi connectivity index (χ4n) is 4.93. The van der Waals surface area contributed by atoms with Crippen LogP contribution in [0.5, 0.6) is 0 Å². The van der Waals surface area contributed by atoms with Crippen molar-refractivity contribution in [1.29, 1.82) is 0 Å². The zero-order valence-electron chi connectivity index (χ0n) is 23.6. The number of esters is 1. The molecule has 1 fully saturated rings. The van der Waals surface area contributed by atoms with Gasteiger partial charge < -0.3 is 20.7 Å². The van der Waals surface area contributed by atoms with E-state index in [2.05, 4.69) is 22.3 Å². The van der Waals surface area contributed by atoms with Crippen molar-refractivity contribution in [2.24, 2.45) is 11.7 Å². The molecule has 39 heavy (non-hydrogen) atoms. The highest BCUT2D eigenvalue weighted by Crippen LogP contribution is 2.22. The van der Waals surface area contributed by atoms with Crippen LogP contribution in [0.2, 0.25) is 0 Å². The second kappa shape index (κ2) is 15.4. The maximum absolute atomic E-state index is 13.6. The number of nitrogens with zero attached hydrogens (tertiary/aromatic N) is 2. The summed E-state index contributed by atoms with van der Waals surface area (Å²) in [6.07, 6.45) is 3.50. The van der Waals surface area contributed by atoms with E-state index in [1.54, 1.807) is 19.1 Å². The first kappa shape index (κ1) is 30.3. The number of amides is 2. The van der Waals surface area contributed by atoms with Gasteiger partial charge >= 0.3 is 5.97 Å². The first-order valence-electron chi connectivity index (χ1n) is 14.1. The van der Waals surface area contributed by atoms with Crippen molar-refractivity contribution in [1.82, 2.24) is 15.1 Å². The van der Waals surface area contributed by atoms with Gasteiger partial charge in [0, 0.05) is 25.7 Å². The normalized spacial score (nSPS) is 16.8. The van der Waals surface area contributed by atoms with E-state index in [-0.39, 0.29) is 29.7 Å². The third kappa shape index (κ3) is 9.48. The fraction of sp³-hybridized carbons (Fsp3) is 0.516. The number of ether oxygens (including phenoxy) is 1. The molecule has 0 saturated carbocycles. The average molecular weight is 537 g/mol. The molecule has 8 nitrogen and oxygen atoms in total. The van der Waals surface area contributed by atoms with Gasteiger partial charge in [0.1, 0.15) is 6.04 Å². The molecule has 0 unspecified atom stereocenters. The lowest BCUT2D eigenvalue weighted by molar-refractivity contribution is -0.138. The number of carbonyl (C=O) groups is 3.